The first-order valence-electron chi connectivity index (χ1n) is 5.36. The number of halogens is 1. The highest BCUT2D eigenvalue weighted by Crippen LogP contribution is 2.30. The van der Waals surface area contributed by atoms with E-state index < -0.39 is 0 Å². The predicted octanol–water partition coefficient (Wildman–Crippen LogP) is 2.69. The van der Waals surface area contributed by atoms with E-state index in [0.717, 1.165) is 22.4 Å². The summed E-state index contributed by atoms with van der Waals surface area (Å²) in [5, 5.41) is 0. The van der Waals surface area contributed by atoms with E-state index in [2.05, 4.69) is 22.0 Å². The molecule has 1 aliphatic rings. The number of ether oxygens (including phenoxy) is 1. The van der Waals surface area contributed by atoms with Gasteiger partial charge in [0.15, 0.2) is 0 Å². The van der Waals surface area contributed by atoms with Crippen molar-refractivity contribution in [3.05, 3.63) is 28.2 Å². The molecule has 1 fully saturated rings. The Bertz CT molecular complexity index is 372. The largest absolute Gasteiger partial charge is 0.497 e. The summed E-state index contributed by atoms with van der Waals surface area (Å²) in [7, 11) is 1.70. The van der Waals surface area contributed by atoms with E-state index in [1.54, 1.807) is 7.11 Å². The smallest absolute Gasteiger partial charge is 0.119 e. The molecule has 2 unspecified atom stereocenters. The Morgan fingerprint density at radius 2 is 2.31 bits per heavy atom. The Hall–Kier alpha value is -0.190. The lowest BCUT2D eigenvalue weighted by Gasteiger charge is -2.15. The van der Waals surface area contributed by atoms with Crippen LogP contribution in [0.5, 0.6) is 5.75 Å². The Morgan fingerprint density at radius 1 is 1.50 bits per heavy atom. The summed E-state index contributed by atoms with van der Waals surface area (Å²) >= 11 is 5.54. The zero-order valence-electron chi connectivity index (χ0n) is 9.28. The van der Waals surface area contributed by atoms with Crippen molar-refractivity contribution in [1.29, 1.82) is 0 Å². The molecule has 1 aromatic carbocycles. The third-order valence-corrected chi connectivity index (χ3v) is 5.04. The van der Waals surface area contributed by atoms with Crippen LogP contribution in [0.3, 0.4) is 0 Å². The first kappa shape index (κ1) is 12.3. The molecular weight excluding hydrogens is 286 g/mol. The second kappa shape index (κ2) is 5.43. The number of hydrogen-bond acceptors (Lipinski definition) is 3. The quantitative estimate of drug-likeness (QED) is 0.932. The molecule has 0 aromatic heterocycles. The lowest BCUT2D eigenvalue weighted by atomic mass is 9.95. The van der Waals surface area contributed by atoms with E-state index in [-0.39, 0.29) is 0 Å². The summed E-state index contributed by atoms with van der Waals surface area (Å²) in [6.45, 7) is 0. The van der Waals surface area contributed by atoms with Crippen LogP contribution < -0.4 is 10.5 Å². The lowest BCUT2D eigenvalue weighted by molar-refractivity contribution is 0.413. The topological polar surface area (TPSA) is 35.2 Å². The maximum absolute atomic E-state index is 6.08. The molecule has 0 spiro atoms. The van der Waals surface area contributed by atoms with Crippen LogP contribution in [-0.2, 0) is 6.42 Å². The standard InChI is InChI=1S/C12H16BrNOS/c1-15-10-2-3-11(13)8(5-10)4-9-6-16-7-12(9)14/h2-3,5,9,12H,4,6-7,14H2,1H3. The first-order chi connectivity index (χ1) is 7.70. The maximum atomic E-state index is 6.08. The molecule has 0 bridgehead atoms. The lowest BCUT2D eigenvalue weighted by Crippen LogP contribution is -2.29. The van der Waals surface area contributed by atoms with E-state index in [9.17, 15) is 0 Å². The zero-order valence-corrected chi connectivity index (χ0v) is 11.7. The summed E-state index contributed by atoms with van der Waals surface area (Å²) in [6, 6.07) is 6.45. The van der Waals surface area contributed by atoms with Crippen molar-refractivity contribution < 1.29 is 4.74 Å². The van der Waals surface area contributed by atoms with Crippen LogP contribution in [0.4, 0.5) is 0 Å². The van der Waals surface area contributed by atoms with Gasteiger partial charge in [0.1, 0.15) is 5.75 Å². The van der Waals surface area contributed by atoms with Crippen LogP contribution in [0.15, 0.2) is 22.7 Å². The molecule has 0 saturated carbocycles. The molecule has 1 saturated heterocycles. The molecule has 1 aliphatic heterocycles. The van der Waals surface area contributed by atoms with E-state index in [1.807, 2.05) is 23.9 Å². The van der Waals surface area contributed by atoms with Gasteiger partial charge in [-0.2, -0.15) is 11.8 Å². The van der Waals surface area contributed by atoms with Gasteiger partial charge in [0.2, 0.25) is 0 Å². The highest BCUT2D eigenvalue weighted by atomic mass is 79.9. The normalized spacial score (nSPS) is 24.7. The van der Waals surface area contributed by atoms with Gasteiger partial charge < -0.3 is 10.5 Å². The molecular formula is C12H16BrNOS. The van der Waals surface area contributed by atoms with Gasteiger partial charge >= 0.3 is 0 Å². The fourth-order valence-corrected chi connectivity index (χ4v) is 3.70. The maximum Gasteiger partial charge on any atom is 0.119 e. The summed E-state index contributed by atoms with van der Waals surface area (Å²) in [5.41, 5.74) is 7.37. The number of rotatable bonds is 3. The fourth-order valence-electron chi connectivity index (χ4n) is 1.94. The molecule has 16 heavy (non-hydrogen) atoms. The minimum Gasteiger partial charge on any atom is -0.497 e. The molecule has 1 heterocycles. The van der Waals surface area contributed by atoms with Crippen LogP contribution in [0, 0.1) is 5.92 Å². The van der Waals surface area contributed by atoms with E-state index >= 15 is 0 Å². The van der Waals surface area contributed by atoms with Gasteiger partial charge in [-0.25, -0.2) is 0 Å². The van der Waals surface area contributed by atoms with Crippen LogP contribution in [-0.4, -0.2) is 24.7 Å². The van der Waals surface area contributed by atoms with Gasteiger partial charge in [-0.15, -0.1) is 0 Å². The molecule has 2 nitrogen and oxygen atoms in total. The van der Waals surface area contributed by atoms with Crippen LogP contribution in [0.1, 0.15) is 5.56 Å². The van der Waals surface area contributed by atoms with Gasteiger partial charge in [0, 0.05) is 16.3 Å². The minimum atomic E-state index is 0.336. The van der Waals surface area contributed by atoms with Gasteiger partial charge in [0.05, 0.1) is 7.11 Å². The van der Waals surface area contributed by atoms with E-state index in [1.165, 1.54) is 11.3 Å². The molecule has 2 rings (SSSR count). The van der Waals surface area contributed by atoms with Crippen molar-refractivity contribution in [2.45, 2.75) is 12.5 Å². The summed E-state index contributed by atoms with van der Waals surface area (Å²) in [6.07, 6.45) is 1.03. The van der Waals surface area contributed by atoms with Crippen LogP contribution in [0.2, 0.25) is 0 Å². The molecule has 0 amide bonds. The van der Waals surface area contributed by atoms with Crippen molar-refractivity contribution in [1.82, 2.24) is 0 Å². The predicted molar refractivity (Wildman–Crippen MR) is 73.2 cm³/mol. The molecule has 88 valence electrons. The number of hydrogen-bond donors (Lipinski definition) is 1. The second-order valence-electron chi connectivity index (χ2n) is 4.12. The van der Waals surface area contributed by atoms with E-state index in [4.69, 9.17) is 10.5 Å². The molecule has 2 N–H and O–H groups in total. The molecule has 0 aliphatic carbocycles. The number of methoxy groups -OCH3 is 1. The molecule has 4 heteroatoms. The van der Waals surface area contributed by atoms with Crippen molar-refractivity contribution in [2.24, 2.45) is 11.7 Å². The Balaban J connectivity index is 2.13. The average Bonchev–Trinajstić information content (AvgIpc) is 2.68. The number of benzene rings is 1. The highest BCUT2D eigenvalue weighted by Gasteiger charge is 2.25. The molecule has 1 aromatic rings. The molecule has 0 radical (unpaired) electrons. The summed E-state index contributed by atoms with van der Waals surface area (Å²) < 4.78 is 6.39. The van der Waals surface area contributed by atoms with Crippen LogP contribution in [0.25, 0.3) is 0 Å². The zero-order chi connectivity index (χ0) is 11.5. The monoisotopic (exact) mass is 301 g/mol. The van der Waals surface area contributed by atoms with Gasteiger partial charge in [-0.05, 0) is 41.9 Å². The SMILES string of the molecule is COc1ccc(Br)c(CC2CSCC2N)c1. The summed E-state index contributed by atoms with van der Waals surface area (Å²) in [5.74, 6) is 3.77. The van der Waals surface area contributed by atoms with Crippen molar-refractivity contribution in [3.63, 3.8) is 0 Å². The first-order valence-corrected chi connectivity index (χ1v) is 7.31. The van der Waals surface area contributed by atoms with Crippen molar-refractivity contribution in [2.75, 3.05) is 18.6 Å². The van der Waals surface area contributed by atoms with Gasteiger partial charge in [0.25, 0.3) is 0 Å². The van der Waals surface area contributed by atoms with Crippen molar-refractivity contribution >= 4 is 27.7 Å². The number of nitrogens with two attached hydrogens (primary N) is 1. The fraction of sp³-hybridized carbons (Fsp3) is 0.500. The highest BCUT2D eigenvalue weighted by molar-refractivity contribution is 9.10. The van der Waals surface area contributed by atoms with Gasteiger partial charge in [-0.1, -0.05) is 15.9 Å². The summed E-state index contributed by atoms with van der Waals surface area (Å²) in [4.78, 5) is 0. The minimum absolute atomic E-state index is 0.336. The third kappa shape index (κ3) is 2.73. The Kier molecular flexibility index (Phi) is 4.16. The number of thioether (sulfide) groups is 1. The Labute approximate surface area is 109 Å². The van der Waals surface area contributed by atoms with E-state index in [0.29, 0.717) is 12.0 Å². The van der Waals surface area contributed by atoms with Crippen LogP contribution >= 0.6 is 27.7 Å². The van der Waals surface area contributed by atoms with Crippen molar-refractivity contribution in [3.8, 4) is 5.75 Å². The average molecular weight is 302 g/mol. The third-order valence-electron chi connectivity index (χ3n) is 2.98. The second-order valence-corrected chi connectivity index (χ2v) is 6.05. The Morgan fingerprint density at radius 3 is 2.94 bits per heavy atom. The molecule has 2 atom stereocenters. The van der Waals surface area contributed by atoms with Gasteiger partial charge in [-0.3, -0.25) is 0 Å².